The average molecular weight is 272 g/mol. The van der Waals surface area contributed by atoms with E-state index in [1.54, 1.807) is 0 Å². The topological polar surface area (TPSA) is 46.5 Å². The number of hydrogen-bond acceptors (Lipinski definition) is 2. The van der Waals surface area contributed by atoms with Crippen LogP contribution in [0.5, 0.6) is 0 Å². The molecular weight excluding hydrogens is 244 g/mol. The lowest BCUT2D eigenvalue weighted by Crippen LogP contribution is -2.45. The van der Waals surface area contributed by atoms with Gasteiger partial charge in [0.1, 0.15) is 0 Å². The van der Waals surface area contributed by atoms with E-state index < -0.39 is 14.3 Å². The smallest absolute Gasteiger partial charge is 0.309 e. The molecule has 1 saturated carbocycles. The van der Waals surface area contributed by atoms with Gasteiger partial charge in [-0.05, 0) is 36.4 Å². The lowest BCUT2D eigenvalue weighted by atomic mass is 9.91. The molecule has 0 radical (unpaired) electrons. The van der Waals surface area contributed by atoms with Gasteiger partial charge in [-0.2, -0.15) is 0 Å². The Balaban J connectivity index is 2.86. The SMILES string of the molecule is CC1(C)CC(O[Si](C)(C)C(C)(C)C)C(C(=O)O)C1. The molecule has 0 bridgehead atoms. The normalized spacial score (nSPS) is 28.4. The summed E-state index contributed by atoms with van der Waals surface area (Å²) in [5.74, 6) is -1.04. The second-order valence-corrected chi connectivity index (χ2v) is 12.7. The van der Waals surface area contributed by atoms with Crippen molar-refractivity contribution < 1.29 is 14.3 Å². The van der Waals surface area contributed by atoms with Gasteiger partial charge in [0.15, 0.2) is 8.32 Å². The molecule has 18 heavy (non-hydrogen) atoms. The van der Waals surface area contributed by atoms with Crippen LogP contribution in [0.4, 0.5) is 0 Å². The van der Waals surface area contributed by atoms with E-state index >= 15 is 0 Å². The molecule has 0 spiro atoms. The van der Waals surface area contributed by atoms with Gasteiger partial charge in [0.05, 0.1) is 12.0 Å². The van der Waals surface area contributed by atoms with Crippen molar-refractivity contribution in [3.05, 3.63) is 0 Å². The van der Waals surface area contributed by atoms with Gasteiger partial charge < -0.3 is 9.53 Å². The number of carbonyl (C=O) groups is 1. The first-order chi connectivity index (χ1) is 7.86. The summed E-state index contributed by atoms with van der Waals surface area (Å²) >= 11 is 0. The summed E-state index contributed by atoms with van der Waals surface area (Å²) in [6, 6.07) is 0. The van der Waals surface area contributed by atoms with Gasteiger partial charge in [-0.25, -0.2) is 0 Å². The van der Waals surface area contributed by atoms with Gasteiger partial charge in [0, 0.05) is 0 Å². The van der Waals surface area contributed by atoms with Crippen molar-refractivity contribution in [1.82, 2.24) is 0 Å². The Kier molecular flexibility index (Phi) is 4.05. The van der Waals surface area contributed by atoms with E-state index in [4.69, 9.17) is 4.43 Å². The molecule has 1 rings (SSSR count). The minimum Gasteiger partial charge on any atom is -0.481 e. The van der Waals surface area contributed by atoms with Gasteiger partial charge in [-0.15, -0.1) is 0 Å². The summed E-state index contributed by atoms with van der Waals surface area (Å²) in [6.07, 6.45) is 1.47. The molecule has 3 nitrogen and oxygen atoms in total. The second kappa shape index (κ2) is 4.64. The van der Waals surface area contributed by atoms with Crippen LogP contribution in [0.15, 0.2) is 0 Å². The fourth-order valence-corrected chi connectivity index (χ4v) is 3.78. The van der Waals surface area contributed by atoms with Crippen molar-refractivity contribution in [3.63, 3.8) is 0 Å². The molecule has 0 saturated heterocycles. The largest absolute Gasteiger partial charge is 0.481 e. The molecule has 2 unspecified atom stereocenters. The van der Waals surface area contributed by atoms with Crippen LogP contribution in [0.3, 0.4) is 0 Å². The van der Waals surface area contributed by atoms with E-state index in [-0.39, 0.29) is 22.5 Å². The Labute approximate surface area is 112 Å². The molecule has 0 heterocycles. The Morgan fingerprint density at radius 2 is 1.78 bits per heavy atom. The monoisotopic (exact) mass is 272 g/mol. The zero-order valence-corrected chi connectivity index (χ0v) is 13.8. The predicted molar refractivity (Wildman–Crippen MR) is 76.2 cm³/mol. The summed E-state index contributed by atoms with van der Waals surface area (Å²) in [4.78, 5) is 11.4. The average Bonchev–Trinajstić information content (AvgIpc) is 2.38. The van der Waals surface area contributed by atoms with Crippen LogP contribution in [-0.2, 0) is 9.22 Å². The third kappa shape index (κ3) is 3.35. The van der Waals surface area contributed by atoms with Crippen LogP contribution in [0.2, 0.25) is 18.1 Å². The van der Waals surface area contributed by atoms with Gasteiger partial charge in [-0.3, -0.25) is 4.79 Å². The second-order valence-electron chi connectivity index (χ2n) is 7.93. The highest BCUT2D eigenvalue weighted by Gasteiger charge is 2.48. The molecule has 1 N–H and O–H groups in total. The van der Waals surface area contributed by atoms with E-state index in [0.717, 1.165) is 12.8 Å². The third-order valence-corrected chi connectivity index (χ3v) is 9.05. The summed E-state index contributed by atoms with van der Waals surface area (Å²) in [5.41, 5.74) is 0.0795. The van der Waals surface area contributed by atoms with Crippen molar-refractivity contribution in [3.8, 4) is 0 Å². The quantitative estimate of drug-likeness (QED) is 0.793. The maximum atomic E-state index is 11.4. The first-order valence-electron chi connectivity index (χ1n) is 6.76. The molecular formula is C14H28O3Si. The molecule has 0 aromatic heterocycles. The van der Waals surface area contributed by atoms with Gasteiger partial charge in [-0.1, -0.05) is 34.6 Å². The zero-order valence-electron chi connectivity index (χ0n) is 12.8. The zero-order chi connectivity index (χ0) is 14.4. The maximum Gasteiger partial charge on any atom is 0.309 e. The molecule has 4 heteroatoms. The van der Waals surface area contributed by atoms with Crippen molar-refractivity contribution >= 4 is 14.3 Å². The van der Waals surface area contributed by atoms with Crippen molar-refractivity contribution in [2.75, 3.05) is 0 Å². The fraction of sp³-hybridized carbons (Fsp3) is 0.929. The van der Waals surface area contributed by atoms with Crippen molar-refractivity contribution in [1.29, 1.82) is 0 Å². The summed E-state index contributed by atoms with van der Waals surface area (Å²) < 4.78 is 6.33. The number of aliphatic carboxylic acids is 1. The Bertz CT molecular complexity index is 328. The first kappa shape index (κ1) is 15.7. The highest BCUT2D eigenvalue weighted by Crippen LogP contribution is 2.46. The minimum absolute atomic E-state index is 0.0795. The maximum absolute atomic E-state index is 11.4. The number of rotatable bonds is 3. The molecule has 1 aliphatic carbocycles. The molecule has 0 aromatic carbocycles. The Hall–Kier alpha value is -0.353. The number of hydrogen-bond donors (Lipinski definition) is 1. The predicted octanol–water partition coefficient (Wildman–Crippen LogP) is 3.90. The lowest BCUT2D eigenvalue weighted by Gasteiger charge is -2.39. The van der Waals surface area contributed by atoms with Crippen LogP contribution in [-0.4, -0.2) is 25.5 Å². The summed E-state index contributed by atoms with van der Waals surface area (Å²) in [7, 11) is -1.88. The molecule has 0 aliphatic heterocycles. The van der Waals surface area contributed by atoms with Crippen LogP contribution in [0.25, 0.3) is 0 Å². The van der Waals surface area contributed by atoms with Gasteiger partial charge in [0.25, 0.3) is 0 Å². The van der Waals surface area contributed by atoms with E-state index in [1.165, 1.54) is 0 Å². The van der Waals surface area contributed by atoms with Crippen LogP contribution in [0, 0.1) is 11.3 Å². The Morgan fingerprint density at radius 3 is 2.17 bits per heavy atom. The van der Waals surface area contributed by atoms with Gasteiger partial charge >= 0.3 is 5.97 Å². The van der Waals surface area contributed by atoms with Crippen LogP contribution < -0.4 is 0 Å². The highest BCUT2D eigenvalue weighted by atomic mass is 28.4. The lowest BCUT2D eigenvalue weighted by molar-refractivity contribution is -0.144. The van der Waals surface area contributed by atoms with Crippen LogP contribution >= 0.6 is 0 Å². The molecule has 1 aliphatic rings. The summed E-state index contributed by atoms with van der Waals surface area (Å²) in [6.45, 7) is 15.2. The highest BCUT2D eigenvalue weighted by molar-refractivity contribution is 6.74. The third-order valence-electron chi connectivity index (χ3n) is 4.54. The van der Waals surface area contributed by atoms with E-state index in [0.29, 0.717) is 0 Å². The molecule has 106 valence electrons. The first-order valence-corrected chi connectivity index (χ1v) is 9.67. The number of carboxylic acid groups (broad SMARTS) is 1. The van der Waals surface area contributed by atoms with E-state index in [9.17, 15) is 9.90 Å². The minimum atomic E-state index is -1.88. The molecule has 0 aromatic rings. The van der Waals surface area contributed by atoms with Crippen LogP contribution in [0.1, 0.15) is 47.5 Å². The van der Waals surface area contributed by atoms with E-state index in [2.05, 4.69) is 47.7 Å². The standard InChI is InChI=1S/C14H28O3Si/c1-13(2,3)18(6,7)17-11-9-14(4,5)8-10(11)12(15)16/h10-11H,8-9H2,1-7H3,(H,15,16). The van der Waals surface area contributed by atoms with Crippen molar-refractivity contribution in [2.45, 2.75) is 71.7 Å². The van der Waals surface area contributed by atoms with Gasteiger partial charge in [0.2, 0.25) is 0 Å². The Morgan fingerprint density at radius 1 is 1.28 bits per heavy atom. The summed E-state index contributed by atoms with van der Waals surface area (Å²) in [5, 5.41) is 9.48. The molecule has 0 amide bonds. The number of carboxylic acids is 1. The molecule has 1 fully saturated rings. The van der Waals surface area contributed by atoms with Crippen molar-refractivity contribution in [2.24, 2.45) is 11.3 Å². The van der Waals surface area contributed by atoms with E-state index in [1.807, 2.05) is 0 Å². The molecule has 2 atom stereocenters. The fourth-order valence-electron chi connectivity index (χ4n) is 2.42.